The molecular formula is C17H22ClN3O2. The molecule has 1 saturated heterocycles. The van der Waals surface area contributed by atoms with Crippen LogP contribution in [0.1, 0.15) is 38.3 Å². The number of ether oxygens (including phenoxy) is 1. The Labute approximate surface area is 141 Å². The summed E-state index contributed by atoms with van der Waals surface area (Å²) >= 11 is 5.97. The molecular weight excluding hydrogens is 314 g/mol. The number of aliphatic hydroxyl groups is 1. The molecule has 1 fully saturated rings. The standard InChI is InChI=1S/C17H22ClN3O2/c1-3-16(2)8-9-23-17(16,22)15(21-12-19-11-20-21)10-13-4-6-14(18)7-5-13/h4-7,11-12,15,22H,3,8-10H2,1-2H3. The number of nitrogens with zero attached hydrogens (tertiary/aromatic N) is 3. The van der Waals surface area contributed by atoms with Crippen LogP contribution < -0.4 is 0 Å². The zero-order valence-corrected chi connectivity index (χ0v) is 14.2. The van der Waals surface area contributed by atoms with Crippen molar-refractivity contribution in [3.05, 3.63) is 47.5 Å². The van der Waals surface area contributed by atoms with Crippen LogP contribution in [0.15, 0.2) is 36.9 Å². The van der Waals surface area contributed by atoms with Gasteiger partial charge in [-0.05, 0) is 30.5 Å². The third-order valence-corrected chi connectivity index (χ3v) is 5.42. The van der Waals surface area contributed by atoms with Crippen molar-refractivity contribution >= 4 is 11.6 Å². The number of hydrogen-bond acceptors (Lipinski definition) is 4. The maximum atomic E-state index is 11.4. The van der Waals surface area contributed by atoms with Crippen LogP contribution in [0.2, 0.25) is 5.02 Å². The highest BCUT2D eigenvalue weighted by atomic mass is 35.5. The summed E-state index contributed by atoms with van der Waals surface area (Å²) in [5.41, 5.74) is 0.744. The van der Waals surface area contributed by atoms with Crippen LogP contribution in [0.3, 0.4) is 0 Å². The fourth-order valence-corrected chi connectivity index (χ4v) is 3.47. The number of benzene rings is 1. The minimum Gasteiger partial charge on any atom is -0.363 e. The smallest absolute Gasteiger partial charge is 0.194 e. The Morgan fingerprint density at radius 2 is 2.13 bits per heavy atom. The van der Waals surface area contributed by atoms with Crippen molar-refractivity contribution in [1.29, 1.82) is 0 Å². The Hall–Kier alpha value is -1.43. The van der Waals surface area contributed by atoms with Crippen LogP contribution in [0, 0.1) is 5.41 Å². The molecule has 2 aromatic rings. The van der Waals surface area contributed by atoms with Crippen molar-refractivity contribution in [2.75, 3.05) is 6.61 Å². The SMILES string of the molecule is CCC1(C)CCOC1(O)C(Cc1ccc(Cl)cc1)n1cncn1. The van der Waals surface area contributed by atoms with E-state index < -0.39 is 5.79 Å². The number of halogens is 1. The molecule has 0 spiro atoms. The monoisotopic (exact) mass is 335 g/mol. The lowest BCUT2D eigenvalue weighted by molar-refractivity contribution is -0.253. The summed E-state index contributed by atoms with van der Waals surface area (Å²) in [4.78, 5) is 4.04. The van der Waals surface area contributed by atoms with Crippen LogP contribution in [0.5, 0.6) is 0 Å². The van der Waals surface area contributed by atoms with Crippen molar-refractivity contribution in [1.82, 2.24) is 14.8 Å². The molecule has 3 rings (SSSR count). The first kappa shape index (κ1) is 16.4. The molecule has 0 radical (unpaired) electrons. The highest BCUT2D eigenvalue weighted by Gasteiger charge is 2.57. The van der Waals surface area contributed by atoms with Gasteiger partial charge in [-0.25, -0.2) is 9.67 Å². The van der Waals surface area contributed by atoms with Gasteiger partial charge in [0, 0.05) is 16.9 Å². The molecule has 1 aliphatic heterocycles. The summed E-state index contributed by atoms with van der Waals surface area (Å²) in [5, 5.41) is 16.4. The quantitative estimate of drug-likeness (QED) is 0.911. The Bertz CT molecular complexity index is 646. The molecule has 1 aliphatic rings. The third kappa shape index (κ3) is 2.89. The minimum atomic E-state index is -1.28. The van der Waals surface area contributed by atoms with Crippen molar-refractivity contribution in [3.63, 3.8) is 0 Å². The molecule has 124 valence electrons. The molecule has 1 aromatic heterocycles. The summed E-state index contributed by atoms with van der Waals surface area (Å²) in [6, 6.07) is 7.29. The predicted molar refractivity (Wildman–Crippen MR) is 88.1 cm³/mol. The minimum absolute atomic E-state index is 0.323. The Balaban J connectivity index is 1.98. The Kier molecular flexibility index (Phi) is 4.45. The molecule has 0 aliphatic carbocycles. The molecule has 6 heteroatoms. The summed E-state index contributed by atoms with van der Waals surface area (Å²) in [6.07, 6.45) is 5.36. The van der Waals surface area contributed by atoms with Gasteiger partial charge in [-0.2, -0.15) is 5.10 Å². The largest absolute Gasteiger partial charge is 0.363 e. The average molecular weight is 336 g/mol. The van der Waals surface area contributed by atoms with E-state index in [1.165, 1.54) is 6.33 Å². The Morgan fingerprint density at radius 1 is 1.39 bits per heavy atom. The second kappa shape index (κ2) is 6.23. The van der Waals surface area contributed by atoms with Crippen LogP contribution >= 0.6 is 11.6 Å². The van der Waals surface area contributed by atoms with Gasteiger partial charge in [-0.3, -0.25) is 0 Å². The lowest BCUT2D eigenvalue weighted by Crippen LogP contribution is -2.51. The van der Waals surface area contributed by atoms with Crippen LogP contribution in [-0.2, 0) is 11.2 Å². The average Bonchev–Trinajstić information content (AvgIpc) is 3.17. The summed E-state index contributed by atoms with van der Waals surface area (Å²) in [5.74, 6) is -1.28. The molecule has 5 nitrogen and oxygen atoms in total. The number of rotatable bonds is 5. The third-order valence-electron chi connectivity index (χ3n) is 5.17. The highest BCUT2D eigenvalue weighted by molar-refractivity contribution is 6.30. The zero-order valence-electron chi connectivity index (χ0n) is 13.4. The first-order chi connectivity index (χ1) is 11.0. The van der Waals surface area contributed by atoms with Gasteiger partial charge in [-0.1, -0.05) is 37.6 Å². The first-order valence-corrected chi connectivity index (χ1v) is 8.31. The van der Waals surface area contributed by atoms with E-state index in [1.807, 2.05) is 24.3 Å². The van der Waals surface area contributed by atoms with Crippen molar-refractivity contribution < 1.29 is 9.84 Å². The fraction of sp³-hybridized carbons (Fsp3) is 0.529. The van der Waals surface area contributed by atoms with Gasteiger partial charge in [-0.15, -0.1) is 0 Å². The first-order valence-electron chi connectivity index (χ1n) is 7.93. The van der Waals surface area contributed by atoms with Crippen molar-refractivity contribution in [2.45, 2.75) is 44.9 Å². The van der Waals surface area contributed by atoms with E-state index in [1.54, 1.807) is 11.0 Å². The van der Waals surface area contributed by atoms with Gasteiger partial charge < -0.3 is 9.84 Å². The van der Waals surface area contributed by atoms with E-state index in [0.717, 1.165) is 18.4 Å². The molecule has 0 amide bonds. The second-order valence-corrected chi connectivity index (χ2v) is 6.87. The van der Waals surface area contributed by atoms with E-state index in [-0.39, 0.29) is 11.5 Å². The molecule has 0 saturated carbocycles. The normalized spacial score (nSPS) is 28.9. The van der Waals surface area contributed by atoms with E-state index in [9.17, 15) is 5.11 Å². The second-order valence-electron chi connectivity index (χ2n) is 6.43. The van der Waals surface area contributed by atoms with Crippen LogP contribution in [0.4, 0.5) is 0 Å². The topological polar surface area (TPSA) is 60.2 Å². The van der Waals surface area contributed by atoms with E-state index in [4.69, 9.17) is 16.3 Å². The number of aromatic nitrogens is 3. The van der Waals surface area contributed by atoms with E-state index in [2.05, 4.69) is 23.9 Å². The van der Waals surface area contributed by atoms with Gasteiger partial charge in [0.15, 0.2) is 5.79 Å². The van der Waals surface area contributed by atoms with Gasteiger partial charge in [0.25, 0.3) is 0 Å². The molecule has 2 heterocycles. The molecule has 0 bridgehead atoms. The zero-order chi connectivity index (χ0) is 16.5. The van der Waals surface area contributed by atoms with Gasteiger partial charge >= 0.3 is 0 Å². The maximum Gasteiger partial charge on any atom is 0.194 e. The van der Waals surface area contributed by atoms with Crippen molar-refractivity contribution in [3.8, 4) is 0 Å². The van der Waals surface area contributed by atoms with Crippen molar-refractivity contribution in [2.24, 2.45) is 5.41 Å². The maximum absolute atomic E-state index is 11.4. The molecule has 1 N–H and O–H groups in total. The Morgan fingerprint density at radius 3 is 2.74 bits per heavy atom. The van der Waals surface area contributed by atoms with Gasteiger partial charge in [0.2, 0.25) is 0 Å². The fourth-order valence-electron chi connectivity index (χ4n) is 3.35. The molecule has 1 aromatic carbocycles. The van der Waals surface area contributed by atoms with Crippen LogP contribution in [0.25, 0.3) is 0 Å². The highest BCUT2D eigenvalue weighted by Crippen LogP contribution is 2.50. The van der Waals surface area contributed by atoms with Gasteiger partial charge in [0.1, 0.15) is 18.7 Å². The molecule has 23 heavy (non-hydrogen) atoms. The number of hydrogen-bond donors (Lipinski definition) is 1. The lowest BCUT2D eigenvalue weighted by Gasteiger charge is -2.42. The lowest BCUT2D eigenvalue weighted by atomic mass is 9.73. The molecule has 3 atom stereocenters. The molecule has 3 unspecified atom stereocenters. The summed E-state index contributed by atoms with van der Waals surface area (Å²) < 4.78 is 7.57. The van der Waals surface area contributed by atoms with Crippen LogP contribution in [-0.4, -0.2) is 32.3 Å². The van der Waals surface area contributed by atoms with E-state index >= 15 is 0 Å². The summed E-state index contributed by atoms with van der Waals surface area (Å²) in [6.45, 7) is 4.71. The van der Waals surface area contributed by atoms with E-state index in [0.29, 0.717) is 18.1 Å². The van der Waals surface area contributed by atoms with Gasteiger partial charge in [0.05, 0.1) is 6.61 Å². The predicted octanol–water partition coefficient (Wildman–Crippen LogP) is 3.24. The summed E-state index contributed by atoms with van der Waals surface area (Å²) in [7, 11) is 0.